The number of amides is 4. The molecule has 6 rings (SSSR count). The Balaban J connectivity index is 0.000000218. The van der Waals surface area contributed by atoms with Crippen molar-refractivity contribution >= 4 is 35.2 Å². The fraction of sp³-hybridized carbons (Fsp3) is 0.395. The summed E-state index contributed by atoms with van der Waals surface area (Å²) in [4.78, 5) is 70.5. The zero-order valence-corrected chi connectivity index (χ0v) is 33.8. The maximum atomic E-state index is 13.3. The zero-order chi connectivity index (χ0) is 40.9. The first kappa shape index (κ1) is 42.4. The summed E-state index contributed by atoms with van der Waals surface area (Å²) in [5.74, 6) is -0.543. The van der Waals surface area contributed by atoms with Gasteiger partial charge in [-0.15, -0.1) is 0 Å². The van der Waals surface area contributed by atoms with Gasteiger partial charge in [0.15, 0.2) is 5.78 Å². The van der Waals surface area contributed by atoms with Crippen molar-refractivity contribution in [2.24, 2.45) is 5.73 Å². The fourth-order valence-electron chi connectivity index (χ4n) is 6.30. The van der Waals surface area contributed by atoms with E-state index in [-0.39, 0.29) is 24.4 Å². The van der Waals surface area contributed by atoms with E-state index in [2.05, 4.69) is 33.9 Å². The predicted octanol–water partition coefficient (Wildman–Crippen LogP) is 4.85. The highest BCUT2D eigenvalue weighted by atomic mass is 16.5. The van der Waals surface area contributed by atoms with Gasteiger partial charge in [-0.3, -0.25) is 24.6 Å². The second-order valence-corrected chi connectivity index (χ2v) is 14.4. The van der Waals surface area contributed by atoms with Crippen LogP contribution >= 0.6 is 0 Å². The van der Waals surface area contributed by atoms with Crippen molar-refractivity contribution in [1.29, 1.82) is 0 Å². The number of ether oxygens (including phenoxy) is 1. The number of aromatic nitrogens is 2. The van der Waals surface area contributed by atoms with E-state index in [9.17, 15) is 19.2 Å². The number of hydrogen-bond donors (Lipinski definition) is 1. The molecule has 2 fully saturated rings. The SMILES string of the molecule is CCOC(=O)c1ccc(CN(C(=O)N2CCN(C)CC2)c2ccc(C)cc2)nc1.Cc1ccc(N(Cc2ccc(C(=O)CN)cn2)C(=O)N2CCN(C)CC2)cc1. The van der Waals surface area contributed by atoms with E-state index in [1.165, 1.54) is 12.4 Å². The van der Waals surface area contributed by atoms with E-state index < -0.39 is 5.97 Å². The molecule has 0 radical (unpaired) electrons. The molecule has 2 aromatic carbocycles. The molecule has 4 amide bonds. The number of benzene rings is 2. The number of Topliss-reactive ketones (excluding diaryl/α,β-unsaturated/α-hetero) is 1. The molecule has 14 nitrogen and oxygen atoms in total. The number of hydrogen-bond acceptors (Lipinski definition) is 10. The molecule has 4 heterocycles. The van der Waals surface area contributed by atoms with Gasteiger partial charge in [-0.25, -0.2) is 14.4 Å². The third kappa shape index (κ3) is 11.9. The minimum Gasteiger partial charge on any atom is -0.462 e. The van der Waals surface area contributed by atoms with Crippen molar-refractivity contribution in [3.8, 4) is 0 Å². The molecule has 57 heavy (non-hydrogen) atoms. The van der Waals surface area contributed by atoms with Crippen molar-refractivity contribution in [2.45, 2.75) is 33.9 Å². The summed E-state index contributed by atoms with van der Waals surface area (Å²) >= 11 is 0. The molecule has 0 spiro atoms. The van der Waals surface area contributed by atoms with E-state index >= 15 is 0 Å². The van der Waals surface area contributed by atoms with Gasteiger partial charge in [0.05, 0.1) is 43.2 Å². The highest BCUT2D eigenvalue weighted by Crippen LogP contribution is 2.22. The second kappa shape index (κ2) is 20.5. The average molecular weight is 778 g/mol. The van der Waals surface area contributed by atoms with Crippen LogP contribution in [0.2, 0.25) is 0 Å². The lowest BCUT2D eigenvalue weighted by molar-refractivity contribution is 0.0525. The van der Waals surface area contributed by atoms with Gasteiger partial charge in [0.1, 0.15) is 0 Å². The lowest BCUT2D eigenvalue weighted by atomic mass is 10.1. The van der Waals surface area contributed by atoms with Gasteiger partial charge in [-0.1, -0.05) is 35.4 Å². The van der Waals surface area contributed by atoms with Crippen molar-refractivity contribution in [2.75, 3.05) is 89.4 Å². The standard InChI is InChI=1S/C22H28N4O3.C21H27N5O2/c1-4-29-21(27)18-7-8-19(23-15-18)16-26(20-9-5-17(2)6-10-20)22(28)25-13-11-24(3)12-14-25;1-16-3-7-19(8-4-16)26(21(28)25-11-9-24(2)10-12-25)15-18-6-5-17(14-23-18)20(27)13-22/h5-10,15H,4,11-14,16H2,1-3H3;3-8,14H,9-13,15,22H2,1-2H3. The third-order valence-electron chi connectivity index (χ3n) is 10.0. The van der Waals surface area contributed by atoms with Crippen LogP contribution in [0.5, 0.6) is 0 Å². The summed E-state index contributed by atoms with van der Waals surface area (Å²) in [5, 5.41) is 0. The third-order valence-corrected chi connectivity index (χ3v) is 10.0. The summed E-state index contributed by atoms with van der Waals surface area (Å²) in [6.45, 7) is 13.0. The van der Waals surface area contributed by atoms with Gasteiger partial charge in [0.25, 0.3) is 0 Å². The number of pyridine rings is 2. The van der Waals surface area contributed by atoms with Gasteiger partial charge in [0, 0.05) is 81.7 Å². The zero-order valence-electron chi connectivity index (χ0n) is 33.8. The topological polar surface area (TPSA) is 149 Å². The van der Waals surface area contributed by atoms with Crippen LogP contribution in [0.4, 0.5) is 21.0 Å². The van der Waals surface area contributed by atoms with Crippen LogP contribution in [0.25, 0.3) is 0 Å². The number of aryl methyl sites for hydroxylation is 2. The van der Waals surface area contributed by atoms with Gasteiger partial charge in [-0.2, -0.15) is 0 Å². The molecule has 0 bridgehead atoms. The largest absolute Gasteiger partial charge is 0.462 e. The summed E-state index contributed by atoms with van der Waals surface area (Å²) < 4.78 is 5.00. The van der Waals surface area contributed by atoms with Crippen molar-refractivity contribution < 1.29 is 23.9 Å². The predicted molar refractivity (Wildman–Crippen MR) is 221 cm³/mol. The molecule has 0 unspecified atom stereocenters. The number of nitrogens with zero attached hydrogens (tertiary/aromatic N) is 8. The Morgan fingerprint density at radius 3 is 1.37 bits per heavy atom. The van der Waals surface area contributed by atoms with Gasteiger partial charge in [0.2, 0.25) is 0 Å². The van der Waals surface area contributed by atoms with Crippen molar-refractivity contribution in [1.82, 2.24) is 29.6 Å². The molecule has 2 N–H and O–H groups in total. The lowest BCUT2D eigenvalue weighted by Gasteiger charge is -2.36. The van der Waals surface area contributed by atoms with Gasteiger partial charge in [-0.05, 0) is 83.4 Å². The normalized spacial score (nSPS) is 14.6. The van der Waals surface area contributed by atoms with Crippen LogP contribution in [-0.4, -0.2) is 133 Å². The molecule has 4 aromatic rings. The quantitative estimate of drug-likeness (QED) is 0.175. The van der Waals surface area contributed by atoms with Crippen LogP contribution in [-0.2, 0) is 17.8 Å². The molecule has 0 atom stereocenters. The van der Waals surface area contributed by atoms with Crippen LogP contribution in [0.3, 0.4) is 0 Å². The molecule has 14 heteroatoms. The molecule has 0 saturated carbocycles. The number of rotatable bonds is 10. The Hall–Kier alpha value is -5.70. The number of anilines is 2. The van der Waals surface area contributed by atoms with Gasteiger partial charge >= 0.3 is 18.0 Å². The van der Waals surface area contributed by atoms with Gasteiger partial charge < -0.3 is 30.1 Å². The monoisotopic (exact) mass is 777 g/mol. The van der Waals surface area contributed by atoms with E-state index in [0.29, 0.717) is 62.7 Å². The van der Waals surface area contributed by atoms with E-state index in [4.69, 9.17) is 10.5 Å². The number of urea groups is 2. The van der Waals surface area contributed by atoms with Crippen LogP contribution < -0.4 is 15.5 Å². The fourth-order valence-corrected chi connectivity index (χ4v) is 6.30. The number of carbonyl (C=O) groups excluding carboxylic acids is 4. The second-order valence-electron chi connectivity index (χ2n) is 14.4. The number of ketones is 1. The van der Waals surface area contributed by atoms with E-state index in [1.54, 1.807) is 41.0 Å². The average Bonchev–Trinajstić information content (AvgIpc) is 3.23. The Morgan fingerprint density at radius 1 is 0.614 bits per heavy atom. The number of nitrogens with two attached hydrogens (primary N) is 1. The Bertz CT molecular complexity index is 1920. The Kier molecular flexibility index (Phi) is 15.2. The molecular formula is C43H55N9O5. The van der Waals surface area contributed by atoms with Crippen LogP contribution in [0, 0.1) is 13.8 Å². The smallest absolute Gasteiger partial charge is 0.339 e. The van der Waals surface area contributed by atoms with Crippen molar-refractivity contribution in [3.05, 3.63) is 119 Å². The molecule has 2 aromatic heterocycles. The molecule has 2 aliphatic rings. The van der Waals surface area contributed by atoms with E-state index in [0.717, 1.165) is 54.4 Å². The van der Waals surface area contributed by atoms with Crippen LogP contribution in [0.15, 0.2) is 85.2 Å². The summed E-state index contributed by atoms with van der Waals surface area (Å²) in [7, 11) is 4.13. The summed E-state index contributed by atoms with van der Waals surface area (Å²) in [6, 6.07) is 22.7. The molecule has 2 saturated heterocycles. The minimum absolute atomic E-state index is 0.0270. The Labute approximate surface area is 335 Å². The number of carbonyl (C=O) groups is 4. The molecule has 0 aliphatic carbocycles. The maximum absolute atomic E-state index is 13.3. The lowest BCUT2D eigenvalue weighted by Crippen LogP contribution is -2.52. The summed E-state index contributed by atoms with van der Waals surface area (Å²) in [6.07, 6.45) is 3.03. The molecular weight excluding hydrogens is 723 g/mol. The first-order valence-corrected chi connectivity index (χ1v) is 19.4. The number of esters is 1. The highest BCUT2D eigenvalue weighted by Gasteiger charge is 2.27. The van der Waals surface area contributed by atoms with E-state index in [1.807, 2.05) is 72.2 Å². The summed E-state index contributed by atoms with van der Waals surface area (Å²) in [5.41, 5.74) is 11.7. The van der Waals surface area contributed by atoms with Crippen molar-refractivity contribution in [3.63, 3.8) is 0 Å². The first-order chi connectivity index (χ1) is 27.4. The maximum Gasteiger partial charge on any atom is 0.339 e. The molecule has 2 aliphatic heterocycles. The van der Waals surface area contributed by atoms with Crippen LogP contribution in [0.1, 0.15) is 50.2 Å². The molecule has 302 valence electrons. The number of likely N-dealkylation sites (N-methyl/N-ethyl adjacent to an activating group) is 2. The number of piperazine rings is 2. The minimum atomic E-state index is -0.393. The highest BCUT2D eigenvalue weighted by molar-refractivity contribution is 5.97. The Morgan fingerprint density at radius 2 is 1.02 bits per heavy atom. The first-order valence-electron chi connectivity index (χ1n) is 19.4.